The number of fused-ring (bicyclic) bond motifs is 1. The molecule has 6 nitrogen and oxygen atoms in total. The molecule has 0 unspecified atom stereocenters. The van der Waals surface area contributed by atoms with Crippen molar-refractivity contribution in [3.8, 4) is 5.69 Å². The summed E-state index contributed by atoms with van der Waals surface area (Å²) in [4.78, 5) is 28.2. The Balaban J connectivity index is 1.65. The zero-order valence-corrected chi connectivity index (χ0v) is 15.1. The second-order valence-corrected chi connectivity index (χ2v) is 7.13. The number of rotatable bonds is 4. The van der Waals surface area contributed by atoms with Gasteiger partial charge < -0.3 is 10.6 Å². The third-order valence-electron chi connectivity index (χ3n) is 3.97. The summed E-state index contributed by atoms with van der Waals surface area (Å²) in [6.07, 6.45) is 1.78. The van der Waals surface area contributed by atoms with E-state index < -0.39 is 5.41 Å². The molecule has 0 aliphatic rings. The molecule has 0 aliphatic heterocycles. The molecule has 26 heavy (non-hydrogen) atoms. The van der Waals surface area contributed by atoms with E-state index in [1.165, 1.54) is 0 Å². The van der Waals surface area contributed by atoms with Gasteiger partial charge in [-0.05, 0) is 36.4 Å². The van der Waals surface area contributed by atoms with Gasteiger partial charge in [-0.15, -0.1) is 0 Å². The smallest absolute Gasteiger partial charge is 0.243 e. The summed E-state index contributed by atoms with van der Waals surface area (Å²) in [5.41, 5.74) is 3.06. The molecule has 0 saturated heterocycles. The maximum atomic E-state index is 12.0. The summed E-state index contributed by atoms with van der Waals surface area (Å²) in [7, 11) is 0. The molecule has 0 radical (unpaired) electrons. The number of nitrogens with one attached hydrogen (secondary N) is 2. The van der Waals surface area contributed by atoms with Crippen LogP contribution in [0.1, 0.15) is 20.8 Å². The summed E-state index contributed by atoms with van der Waals surface area (Å²) in [5.74, 6) is -0.418. The summed E-state index contributed by atoms with van der Waals surface area (Å²) >= 11 is 0. The van der Waals surface area contributed by atoms with Gasteiger partial charge in [0, 0.05) is 16.8 Å². The van der Waals surface area contributed by atoms with Gasteiger partial charge in [-0.2, -0.15) is 0 Å². The molecule has 134 valence electrons. The first kappa shape index (κ1) is 17.7. The van der Waals surface area contributed by atoms with Crippen LogP contribution < -0.4 is 10.6 Å². The molecule has 2 N–H and O–H groups in total. The van der Waals surface area contributed by atoms with Crippen molar-refractivity contribution in [2.75, 3.05) is 11.9 Å². The standard InChI is InChI=1S/C20H22N4O2/c1-20(2,3)19(26)21-12-18(25)23-14-8-10-15(11-9-14)24-13-22-16-6-4-5-7-17(16)24/h4-11,13H,12H2,1-3H3,(H,21,26)(H,23,25). The molecular formula is C20H22N4O2. The van der Waals surface area contributed by atoms with Crippen molar-refractivity contribution in [1.29, 1.82) is 0 Å². The van der Waals surface area contributed by atoms with E-state index in [1.54, 1.807) is 27.1 Å². The molecule has 3 aromatic rings. The third-order valence-corrected chi connectivity index (χ3v) is 3.97. The van der Waals surface area contributed by atoms with Crippen molar-refractivity contribution in [2.45, 2.75) is 20.8 Å². The maximum Gasteiger partial charge on any atom is 0.243 e. The number of amides is 2. The molecule has 0 spiro atoms. The summed E-state index contributed by atoms with van der Waals surface area (Å²) in [6.45, 7) is 5.36. The number of hydrogen-bond acceptors (Lipinski definition) is 3. The molecule has 3 rings (SSSR count). The van der Waals surface area contributed by atoms with Gasteiger partial charge in [0.05, 0.1) is 17.6 Å². The van der Waals surface area contributed by atoms with Crippen LogP contribution in [0.3, 0.4) is 0 Å². The van der Waals surface area contributed by atoms with E-state index in [9.17, 15) is 9.59 Å². The number of benzene rings is 2. The minimum Gasteiger partial charge on any atom is -0.347 e. The zero-order chi connectivity index (χ0) is 18.7. The topological polar surface area (TPSA) is 76.0 Å². The van der Waals surface area contributed by atoms with Gasteiger partial charge in [0.25, 0.3) is 0 Å². The Kier molecular flexibility index (Phi) is 4.75. The Morgan fingerprint density at radius 3 is 2.42 bits per heavy atom. The summed E-state index contributed by atoms with van der Waals surface area (Å²) in [6, 6.07) is 15.4. The number of imidazole rings is 1. The van der Waals surface area contributed by atoms with Gasteiger partial charge in [-0.3, -0.25) is 14.2 Å². The molecule has 0 bridgehead atoms. The molecule has 0 atom stereocenters. The second kappa shape index (κ2) is 7.00. The maximum absolute atomic E-state index is 12.0. The number of anilines is 1. The van der Waals surface area contributed by atoms with Crippen LogP contribution in [0, 0.1) is 5.41 Å². The minimum atomic E-state index is -0.518. The Morgan fingerprint density at radius 2 is 1.73 bits per heavy atom. The lowest BCUT2D eigenvalue weighted by Gasteiger charge is -2.17. The number of nitrogens with zero attached hydrogens (tertiary/aromatic N) is 2. The van der Waals surface area contributed by atoms with Crippen LogP contribution in [0.4, 0.5) is 5.69 Å². The molecule has 0 saturated carbocycles. The average Bonchev–Trinajstić information content (AvgIpc) is 3.03. The molecule has 1 heterocycles. The van der Waals surface area contributed by atoms with Crippen molar-refractivity contribution >= 4 is 28.5 Å². The van der Waals surface area contributed by atoms with Crippen LogP contribution >= 0.6 is 0 Å². The molecule has 0 fully saturated rings. The predicted molar refractivity (Wildman–Crippen MR) is 102 cm³/mol. The molecule has 0 aliphatic carbocycles. The van der Waals surface area contributed by atoms with Crippen molar-refractivity contribution in [3.05, 3.63) is 54.9 Å². The first-order valence-corrected chi connectivity index (χ1v) is 8.45. The van der Waals surface area contributed by atoms with Gasteiger partial charge in [-0.25, -0.2) is 4.98 Å². The Hall–Kier alpha value is -3.15. The number of carbonyl (C=O) groups excluding carboxylic acids is 2. The number of hydrogen-bond donors (Lipinski definition) is 2. The fourth-order valence-corrected chi connectivity index (χ4v) is 2.50. The van der Waals surface area contributed by atoms with Crippen molar-refractivity contribution in [2.24, 2.45) is 5.41 Å². The van der Waals surface area contributed by atoms with E-state index >= 15 is 0 Å². The van der Waals surface area contributed by atoms with Crippen molar-refractivity contribution < 1.29 is 9.59 Å². The lowest BCUT2D eigenvalue weighted by Crippen LogP contribution is -2.39. The van der Waals surface area contributed by atoms with Gasteiger partial charge >= 0.3 is 0 Å². The first-order valence-electron chi connectivity index (χ1n) is 8.45. The van der Waals surface area contributed by atoms with Crippen LogP contribution in [0.15, 0.2) is 54.9 Å². The van der Waals surface area contributed by atoms with Crippen LogP contribution in [0.2, 0.25) is 0 Å². The third kappa shape index (κ3) is 3.91. The Morgan fingerprint density at radius 1 is 1.04 bits per heavy atom. The van der Waals surface area contributed by atoms with E-state index in [1.807, 2.05) is 53.1 Å². The van der Waals surface area contributed by atoms with Crippen LogP contribution in [0.25, 0.3) is 16.7 Å². The van der Waals surface area contributed by atoms with Crippen molar-refractivity contribution in [1.82, 2.24) is 14.9 Å². The minimum absolute atomic E-state index is 0.0516. The molecule has 2 amide bonds. The lowest BCUT2D eigenvalue weighted by molar-refractivity contribution is -0.130. The zero-order valence-electron chi connectivity index (χ0n) is 15.1. The Bertz CT molecular complexity index is 936. The molecule has 6 heteroatoms. The van der Waals surface area contributed by atoms with E-state index in [0.717, 1.165) is 16.7 Å². The largest absolute Gasteiger partial charge is 0.347 e. The first-order chi connectivity index (χ1) is 12.3. The fraction of sp³-hybridized carbons (Fsp3) is 0.250. The highest BCUT2D eigenvalue weighted by Crippen LogP contribution is 2.19. The van der Waals surface area contributed by atoms with E-state index in [0.29, 0.717) is 5.69 Å². The van der Waals surface area contributed by atoms with Crippen LogP contribution in [0.5, 0.6) is 0 Å². The van der Waals surface area contributed by atoms with Gasteiger partial charge in [0.15, 0.2) is 0 Å². The summed E-state index contributed by atoms with van der Waals surface area (Å²) in [5, 5.41) is 5.41. The number of aromatic nitrogens is 2. The fourth-order valence-electron chi connectivity index (χ4n) is 2.50. The highest BCUT2D eigenvalue weighted by Gasteiger charge is 2.21. The predicted octanol–water partition coefficient (Wildman–Crippen LogP) is 3.13. The van der Waals surface area contributed by atoms with E-state index in [4.69, 9.17) is 0 Å². The van der Waals surface area contributed by atoms with Gasteiger partial charge in [0.1, 0.15) is 6.33 Å². The number of para-hydroxylation sites is 2. The van der Waals surface area contributed by atoms with E-state index in [-0.39, 0.29) is 18.4 Å². The van der Waals surface area contributed by atoms with Gasteiger partial charge in [-0.1, -0.05) is 32.9 Å². The number of carbonyl (C=O) groups is 2. The van der Waals surface area contributed by atoms with Crippen molar-refractivity contribution in [3.63, 3.8) is 0 Å². The summed E-state index contributed by atoms with van der Waals surface area (Å²) < 4.78 is 1.99. The lowest BCUT2D eigenvalue weighted by atomic mass is 9.96. The second-order valence-electron chi connectivity index (χ2n) is 7.13. The quantitative estimate of drug-likeness (QED) is 0.759. The molecule has 2 aromatic carbocycles. The molecule has 1 aromatic heterocycles. The molecular weight excluding hydrogens is 328 g/mol. The van der Waals surface area contributed by atoms with Crippen LogP contribution in [-0.2, 0) is 9.59 Å². The SMILES string of the molecule is CC(C)(C)C(=O)NCC(=O)Nc1ccc(-n2cnc3ccccc32)cc1. The average molecular weight is 350 g/mol. The van der Waals surface area contributed by atoms with E-state index in [2.05, 4.69) is 15.6 Å². The van der Waals surface area contributed by atoms with Crippen LogP contribution in [-0.4, -0.2) is 27.9 Å². The monoisotopic (exact) mass is 350 g/mol. The Labute approximate surface area is 152 Å². The van der Waals surface area contributed by atoms with Gasteiger partial charge in [0.2, 0.25) is 11.8 Å². The normalized spacial score (nSPS) is 11.3. The highest BCUT2D eigenvalue weighted by molar-refractivity contribution is 5.95. The highest BCUT2D eigenvalue weighted by atomic mass is 16.2.